The van der Waals surface area contributed by atoms with Gasteiger partial charge in [-0.05, 0) is 155 Å². The molecule has 3 aromatic rings. The molecule has 17 heteroatoms. The fraction of sp³-hybridized carbons (Fsp3) is 0.379. The van der Waals surface area contributed by atoms with Gasteiger partial charge in [0.25, 0.3) is 0 Å². The number of anilines is 1. The molecule has 1 heterocycles. The van der Waals surface area contributed by atoms with Gasteiger partial charge in [0.15, 0.2) is 0 Å². The maximum absolute atomic E-state index is 14.2. The number of allylic oxidation sites excluding steroid dienone is 7. The van der Waals surface area contributed by atoms with Crippen LogP contribution in [0.4, 0.5) is 5.13 Å². The van der Waals surface area contributed by atoms with Crippen molar-refractivity contribution in [3.8, 4) is 11.5 Å². The average Bonchev–Trinajstić information content (AvgIpc) is 3.72. The lowest BCUT2D eigenvalue weighted by Gasteiger charge is -2.36. The van der Waals surface area contributed by atoms with Crippen LogP contribution in [0.25, 0.3) is 10.2 Å². The molecule has 0 spiro atoms. The predicted molar refractivity (Wildman–Crippen MR) is 288 cm³/mol. The first-order chi connectivity index (χ1) is 35.0. The van der Waals surface area contributed by atoms with E-state index in [0.29, 0.717) is 29.1 Å². The number of hydrogen-bond donors (Lipinski definition) is 1. The molecule has 5 rings (SSSR count). The first-order valence-electron chi connectivity index (χ1n) is 24.3. The zero-order valence-corrected chi connectivity index (χ0v) is 45.4. The van der Waals surface area contributed by atoms with Crippen LogP contribution < -0.4 is 14.9 Å². The van der Waals surface area contributed by atoms with E-state index in [1.54, 1.807) is 107 Å². The quantitative estimate of drug-likeness (QED) is 0.0248. The molecule has 2 aliphatic carbocycles. The molecule has 0 amide bonds. The minimum Gasteiger partial charge on any atom is -0.487 e. The highest BCUT2D eigenvalue weighted by molar-refractivity contribution is 7.22. The topological polar surface area (TPSA) is 204 Å². The Kier molecular flexibility index (Phi) is 19.1. The number of fused-ring (bicyclic) bond motifs is 1. The van der Waals surface area contributed by atoms with Gasteiger partial charge >= 0.3 is 35.8 Å². The number of hydrazone groups is 1. The van der Waals surface area contributed by atoms with E-state index in [1.807, 2.05) is 24.3 Å². The molecule has 2 aliphatic rings. The van der Waals surface area contributed by atoms with Crippen molar-refractivity contribution in [3.05, 3.63) is 144 Å². The number of rotatable bonds is 22. The van der Waals surface area contributed by atoms with E-state index < -0.39 is 63.8 Å². The summed E-state index contributed by atoms with van der Waals surface area (Å²) in [4.78, 5) is 81.9. The summed E-state index contributed by atoms with van der Waals surface area (Å²) in [7, 11) is 0. The Morgan fingerprint density at radius 3 is 1.87 bits per heavy atom. The molecule has 2 aromatic carbocycles. The Hall–Kier alpha value is -7.66. The summed E-state index contributed by atoms with van der Waals surface area (Å²) < 4.78 is 41.6. The third kappa shape index (κ3) is 19.0. The second kappa shape index (κ2) is 24.6. The number of ether oxygens (including phenoxy) is 7. The number of aromatic nitrogens is 1. The summed E-state index contributed by atoms with van der Waals surface area (Å²) in [6, 6.07) is 12.1. The summed E-state index contributed by atoms with van der Waals surface area (Å²) in [6.45, 7) is 26.2. The number of carbonyl (C=O) groups is 6. The SMILES string of the molecule is C=CC(=O)OC(C)(C)CC(C)(C)OC(=O)/C=C/C1=C(OC(C)(C)CC(C)(C)OC(=O)C=C)C=C(C(=O)Oc2ccc(OC(=O)C3=CC=C(/C=C/C(=O)OC(C)(C)C)CC3)cc2/C=N/Nc2nc3ccccc3s2)CC1. The van der Waals surface area contributed by atoms with Crippen molar-refractivity contribution in [2.45, 2.75) is 143 Å². The van der Waals surface area contributed by atoms with E-state index >= 15 is 0 Å². The van der Waals surface area contributed by atoms with Crippen LogP contribution in [0, 0.1) is 0 Å². The monoisotopic (exact) mass is 1050 g/mol. The molecule has 398 valence electrons. The lowest BCUT2D eigenvalue weighted by molar-refractivity contribution is -0.164. The van der Waals surface area contributed by atoms with E-state index in [4.69, 9.17) is 33.2 Å². The number of esters is 6. The van der Waals surface area contributed by atoms with Crippen molar-refractivity contribution >= 4 is 68.7 Å². The number of hydrogen-bond acceptors (Lipinski definition) is 17. The maximum atomic E-state index is 14.2. The van der Waals surface area contributed by atoms with Crippen molar-refractivity contribution < 1.29 is 61.9 Å². The van der Waals surface area contributed by atoms with E-state index in [0.717, 1.165) is 27.9 Å². The van der Waals surface area contributed by atoms with Gasteiger partial charge in [0.1, 0.15) is 45.3 Å². The highest BCUT2D eigenvalue weighted by Crippen LogP contribution is 2.36. The number of para-hydroxylation sites is 1. The van der Waals surface area contributed by atoms with Gasteiger partial charge in [0.2, 0.25) is 5.13 Å². The van der Waals surface area contributed by atoms with Crippen LogP contribution in [0.3, 0.4) is 0 Å². The van der Waals surface area contributed by atoms with Gasteiger partial charge in [-0.3, -0.25) is 5.43 Å². The Labute approximate surface area is 442 Å². The van der Waals surface area contributed by atoms with Crippen LogP contribution in [-0.2, 0) is 52.5 Å². The zero-order valence-electron chi connectivity index (χ0n) is 44.6. The molecule has 1 aromatic heterocycles. The highest BCUT2D eigenvalue weighted by Gasteiger charge is 2.36. The van der Waals surface area contributed by atoms with E-state index in [1.165, 1.54) is 47.9 Å². The van der Waals surface area contributed by atoms with E-state index in [2.05, 4.69) is 28.7 Å². The molecular weight excluding hydrogens is 979 g/mol. The first kappa shape index (κ1) is 58.2. The highest BCUT2D eigenvalue weighted by atomic mass is 32.1. The van der Waals surface area contributed by atoms with Crippen molar-refractivity contribution in [2.24, 2.45) is 5.10 Å². The van der Waals surface area contributed by atoms with Gasteiger partial charge in [-0.25, -0.2) is 33.8 Å². The standard InChI is InChI=1S/C58H67N3O13S/c1-14-47(62)72-56(8,9)35-55(6,7)70-45-33-40(26-25-38(45)27-31-50(65)74-58(12,13)36-57(10,11)73-48(63)15-2)52(67)69-44-29-28-42(32-41(44)34-59-61-53-60-43-18-16-17-19-46(43)75-53)68-51(66)39-23-20-37(21-24-39)22-30-49(64)71-54(3,4)5/h14-20,22-23,27-34H,1-2,21,24-26,35-36H2,3-13H3,(H,60,61)/b30-22+,31-27+,59-34+. The summed E-state index contributed by atoms with van der Waals surface area (Å²) in [6.07, 6.45) is 16.0. The molecule has 1 N–H and O–H groups in total. The Morgan fingerprint density at radius 1 is 0.667 bits per heavy atom. The minimum absolute atomic E-state index is 0.0906. The lowest BCUT2D eigenvalue weighted by Crippen LogP contribution is -2.39. The molecule has 0 radical (unpaired) electrons. The van der Waals surface area contributed by atoms with Crippen LogP contribution in [0.1, 0.15) is 120 Å². The second-order valence-electron chi connectivity index (χ2n) is 21.2. The van der Waals surface area contributed by atoms with Gasteiger partial charge in [0.05, 0.1) is 16.4 Å². The van der Waals surface area contributed by atoms with Crippen molar-refractivity contribution in [3.63, 3.8) is 0 Å². The van der Waals surface area contributed by atoms with Crippen LogP contribution in [0.15, 0.2) is 143 Å². The number of carbonyl (C=O) groups excluding carboxylic acids is 6. The molecule has 0 bridgehead atoms. The zero-order chi connectivity index (χ0) is 55.4. The van der Waals surface area contributed by atoms with Gasteiger partial charge in [0, 0.05) is 53.9 Å². The van der Waals surface area contributed by atoms with Crippen LogP contribution in [0.5, 0.6) is 11.5 Å². The van der Waals surface area contributed by atoms with Crippen molar-refractivity contribution in [2.75, 3.05) is 5.43 Å². The molecule has 0 fully saturated rings. The van der Waals surface area contributed by atoms with E-state index in [-0.39, 0.29) is 54.1 Å². The number of nitrogens with zero attached hydrogens (tertiary/aromatic N) is 2. The van der Waals surface area contributed by atoms with Crippen molar-refractivity contribution in [1.29, 1.82) is 0 Å². The van der Waals surface area contributed by atoms with Gasteiger partial charge in [-0.2, -0.15) is 5.10 Å². The number of nitrogens with one attached hydrogen (secondary N) is 1. The summed E-state index contributed by atoms with van der Waals surface area (Å²) >= 11 is 1.40. The van der Waals surface area contributed by atoms with Gasteiger partial charge in [-0.1, -0.05) is 54.9 Å². The summed E-state index contributed by atoms with van der Waals surface area (Å²) in [5, 5.41) is 4.91. The third-order valence-corrected chi connectivity index (χ3v) is 11.8. The second-order valence-corrected chi connectivity index (χ2v) is 22.2. The minimum atomic E-state index is -1.05. The largest absolute Gasteiger partial charge is 0.487 e. The van der Waals surface area contributed by atoms with Crippen LogP contribution >= 0.6 is 11.3 Å². The normalized spacial score (nSPS) is 14.7. The van der Waals surface area contributed by atoms with Gasteiger partial charge < -0.3 is 33.2 Å². The van der Waals surface area contributed by atoms with E-state index in [9.17, 15) is 28.8 Å². The summed E-state index contributed by atoms with van der Waals surface area (Å²) in [5.41, 5.74) is 1.41. The molecule has 0 saturated carbocycles. The molecule has 0 aliphatic heterocycles. The fourth-order valence-corrected chi connectivity index (χ4v) is 9.22. The predicted octanol–water partition coefficient (Wildman–Crippen LogP) is 11.5. The van der Waals surface area contributed by atoms with Gasteiger partial charge in [-0.15, -0.1) is 0 Å². The smallest absolute Gasteiger partial charge is 0.339 e. The molecule has 0 saturated heterocycles. The van der Waals surface area contributed by atoms with Crippen LogP contribution in [-0.4, -0.2) is 75.0 Å². The molecule has 16 nitrogen and oxygen atoms in total. The van der Waals surface area contributed by atoms with Crippen LogP contribution in [0.2, 0.25) is 0 Å². The Morgan fingerprint density at radius 2 is 1.25 bits per heavy atom. The molecular formula is C58H67N3O13S. The number of benzene rings is 2. The Balaban J connectivity index is 1.42. The summed E-state index contributed by atoms with van der Waals surface area (Å²) in [5.74, 6) is -3.15. The molecule has 0 atom stereocenters. The maximum Gasteiger partial charge on any atom is 0.339 e. The fourth-order valence-electron chi connectivity index (χ4n) is 8.40. The average molecular weight is 1050 g/mol. The molecule has 75 heavy (non-hydrogen) atoms. The third-order valence-electron chi connectivity index (χ3n) is 10.9. The van der Waals surface area contributed by atoms with Crippen molar-refractivity contribution in [1.82, 2.24) is 4.98 Å². The lowest BCUT2D eigenvalue weighted by atomic mass is 9.91. The number of thiazole rings is 1. The molecule has 0 unspecified atom stereocenters. The Bertz CT molecular complexity index is 2900. The first-order valence-corrected chi connectivity index (χ1v) is 25.1.